The highest BCUT2D eigenvalue weighted by atomic mass is 16.1. The molecule has 0 aromatic rings. The van der Waals surface area contributed by atoms with Crippen LogP contribution in [-0.4, -0.2) is 5.91 Å². The Bertz CT molecular complexity index is 308. The van der Waals surface area contributed by atoms with Crippen molar-refractivity contribution >= 4 is 5.91 Å². The van der Waals surface area contributed by atoms with Gasteiger partial charge < -0.3 is 5.73 Å². The van der Waals surface area contributed by atoms with Crippen molar-refractivity contribution in [2.75, 3.05) is 0 Å². The zero-order chi connectivity index (χ0) is 11.5. The third-order valence-corrected chi connectivity index (χ3v) is 1.64. The second-order valence-electron chi connectivity index (χ2n) is 2.89. The smallest absolute Gasteiger partial charge is 0.244 e. The van der Waals surface area contributed by atoms with E-state index in [4.69, 9.17) is 5.73 Å². The Kier molecular flexibility index (Phi) is 7.69. The zero-order valence-electron chi connectivity index (χ0n) is 8.86. The molecule has 0 aliphatic carbocycles. The minimum absolute atomic E-state index is 0.408. The lowest BCUT2D eigenvalue weighted by Gasteiger charge is -1.95. The Morgan fingerprint density at radius 1 is 1.13 bits per heavy atom. The predicted molar refractivity (Wildman–Crippen MR) is 65.2 cm³/mol. The summed E-state index contributed by atoms with van der Waals surface area (Å²) in [6.07, 6.45) is 14.0. The Labute approximate surface area is 91.2 Å². The van der Waals surface area contributed by atoms with Crippen LogP contribution in [-0.2, 0) is 4.79 Å². The van der Waals surface area contributed by atoms with Gasteiger partial charge in [-0.25, -0.2) is 0 Å². The van der Waals surface area contributed by atoms with Crippen LogP contribution in [0.5, 0.6) is 0 Å². The maximum Gasteiger partial charge on any atom is 0.244 e. The van der Waals surface area contributed by atoms with Crippen molar-refractivity contribution in [3.63, 3.8) is 0 Å². The molecule has 2 nitrogen and oxygen atoms in total. The molecule has 0 aliphatic heterocycles. The van der Waals surface area contributed by atoms with E-state index in [2.05, 4.69) is 13.2 Å². The van der Waals surface area contributed by atoms with Gasteiger partial charge in [0.05, 0.1) is 0 Å². The zero-order valence-corrected chi connectivity index (χ0v) is 8.86. The van der Waals surface area contributed by atoms with E-state index in [1.165, 1.54) is 0 Å². The number of rotatable bonds is 7. The van der Waals surface area contributed by atoms with E-state index in [1.54, 1.807) is 18.2 Å². The van der Waals surface area contributed by atoms with E-state index in [-0.39, 0.29) is 0 Å². The first-order chi connectivity index (χ1) is 7.22. The van der Waals surface area contributed by atoms with Crippen LogP contribution in [0.4, 0.5) is 0 Å². The Balaban J connectivity index is 4.25. The van der Waals surface area contributed by atoms with Gasteiger partial charge in [-0.1, -0.05) is 42.5 Å². The van der Waals surface area contributed by atoms with Crippen LogP contribution >= 0.6 is 0 Å². The summed E-state index contributed by atoms with van der Waals surface area (Å²) >= 11 is 0. The molecule has 0 unspecified atom stereocenters. The Morgan fingerprint density at radius 2 is 1.87 bits per heavy atom. The number of nitrogens with two attached hydrogens (primary N) is 1. The van der Waals surface area contributed by atoms with Gasteiger partial charge in [-0.05, 0) is 12.8 Å². The predicted octanol–water partition coefficient (Wildman–Crippen LogP) is 2.66. The van der Waals surface area contributed by atoms with Crippen molar-refractivity contribution in [2.24, 2.45) is 5.73 Å². The molecule has 0 aliphatic rings. The van der Waals surface area contributed by atoms with E-state index >= 15 is 0 Å². The number of carbonyl (C=O) groups is 1. The van der Waals surface area contributed by atoms with Gasteiger partial charge in [0.25, 0.3) is 0 Å². The van der Waals surface area contributed by atoms with Gasteiger partial charge >= 0.3 is 0 Å². The first kappa shape index (κ1) is 13.2. The molecule has 0 atom stereocenters. The van der Waals surface area contributed by atoms with Crippen LogP contribution < -0.4 is 5.73 Å². The fourth-order valence-corrected chi connectivity index (χ4v) is 0.895. The summed E-state index contributed by atoms with van der Waals surface area (Å²) in [6.45, 7) is 7.15. The molecule has 0 bridgehead atoms. The molecule has 0 radical (unpaired) electrons. The summed E-state index contributed by atoms with van der Waals surface area (Å²) in [5, 5.41) is 0. The quantitative estimate of drug-likeness (QED) is 0.386. The molecular formula is C13H17NO. The fourth-order valence-electron chi connectivity index (χ4n) is 0.895. The molecule has 0 heterocycles. The average molecular weight is 203 g/mol. The van der Waals surface area contributed by atoms with Gasteiger partial charge in [-0.15, -0.1) is 13.2 Å². The molecule has 2 N–H and O–H groups in total. The third kappa shape index (κ3) is 7.26. The van der Waals surface area contributed by atoms with E-state index < -0.39 is 5.91 Å². The second kappa shape index (κ2) is 8.75. The van der Waals surface area contributed by atoms with E-state index in [0.29, 0.717) is 12.0 Å². The number of hydrogen-bond acceptors (Lipinski definition) is 1. The summed E-state index contributed by atoms with van der Waals surface area (Å²) in [5.41, 5.74) is 5.72. The molecule has 0 spiro atoms. The number of hydrogen-bond donors (Lipinski definition) is 1. The molecule has 0 fully saturated rings. The van der Waals surface area contributed by atoms with Crippen molar-refractivity contribution in [1.82, 2.24) is 0 Å². The van der Waals surface area contributed by atoms with Gasteiger partial charge in [-0.3, -0.25) is 4.79 Å². The summed E-state index contributed by atoms with van der Waals surface area (Å²) < 4.78 is 0. The maximum atomic E-state index is 10.9. The number of allylic oxidation sites excluding steroid dienone is 7. The fraction of sp³-hybridized carbons (Fsp3) is 0.154. The minimum atomic E-state index is -0.408. The number of carbonyl (C=O) groups excluding carboxylic acids is 1. The molecule has 0 aromatic carbocycles. The normalized spacial score (nSPS) is 12.1. The van der Waals surface area contributed by atoms with Crippen LogP contribution in [0, 0.1) is 0 Å². The minimum Gasteiger partial charge on any atom is -0.366 e. The first-order valence-electron chi connectivity index (χ1n) is 4.76. The molecule has 2 heteroatoms. The SMILES string of the molecule is C=CCC=CC=CC=C(CC=C)C(N)=O. The van der Waals surface area contributed by atoms with Crippen molar-refractivity contribution in [3.05, 3.63) is 61.3 Å². The molecular weight excluding hydrogens is 186 g/mol. The average Bonchev–Trinajstić information content (AvgIpc) is 2.21. The maximum absolute atomic E-state index is 10.9. The van der Waals surface area contributed by atoms with Crippen molar-refractivity contribution in [1.29, 1.82) is 0 Å². The van der Waals surface area contributed by atoms with Crippen LogP contribution in [0.3, 0.4) is 0 Å². The van der Waals surface area contributed by atoms with Crippen LogP contribution in [0.25, 0.3) is 0 Å². The van der Waals surface area contributed by atoms with Gasteiger partial charge in [0.15, 0.2) is 0 Å². The lowest BCUT2D eigenvalue weighted by molar-refractivity contribution is -0.114. The van der Waals surface area contributed by atoms with Crippen molar-refractivity contribution in [3.8, 4) is 0 Å². The second-order valence-corrected chi connectivity index (χ2v) is 2.89. The van der Waals surface area contributed by atoms with E-state index in [0.717, 1.165) is 6.42 Å². The lowest BCUT2D eigenvalue weighted by atomic mass is 10.1. The van der Waals surface area contributed by atoms with Crippen molar-refractivity contribution in [2.45, 2.75) is 12.8 Å². The Hall–Kier alpha value is -1.83. The standard InChI is InChI=1S/C13H17NO/c1-3-5-6-7-8-9-11-12(10-4-2)13(14)15/h3-4,6-9,11H,1-2,5,10H2,(H2,14,15). The first-order valence-corrected chi connectivity index (χ1v) is 4.76. The monoisotopic (exact) mass is 203 g/mol. The summed E-state index contributed by atoms with van der Waals surface area (Å²) in [7, 11) is 0. The van der Waals surface area contributed by atoms with Gasteiger partial charge in [-0.2, -0.15) is 0 Å². The van der Waals surface area contributed by atoms with Crippen LogP contribution in [0.15, 0.2) is 61.3 Å². The molecule has 0 saturated heterocycles. The number of primary amides is 1. The van der Waals surface area contributed by atoms with Crippen molar-refractivity contribution < 1.29 is 4.79 Å². The molecule has 15 heavy (non-hydrogen) atoms. The van der Waals surface area contributed by atoms with Gasteiger partial charge in [0, 0.05) is 5.57 Å². The van der Waals surface area contributed by atoms with E-state index in [9.17, 15) is 4.79 Å². The highest BCUT2D eigenvalue weighted by Gasteiger charge is 1.99. The number of amides is 1. The topological polar surface area (TPSA) is 43.1 Å². The molecule has 80 valence electrons. The highest BCUT2D eigenvalue weighted by molar-refractivity contribution is 5.92. The molecule has 1 amide bonds. The Morgan fingerprint density at radius 3 is 2.40 bits per heavy atom. The third-order valence-electron chi connectivity index (χ3n) is 1.64. The summed E-state index contributed by atoms with van der Waals surface area (Å²) in [5.74, 6) is -0.408. The highest BCUT2D eigenvalue weighted by Crippen LogP contribution is 2.01. The molecule has 0 rings (SSSR count). The molecule has 0 saturated carbocycles. The van der Waals surface area contributed by atoms with Gasteiger partial charge in [0.2, 0.25) is 5.91 Å². The lowest BCUT2D eigenvalue weighted by Crippen LogP contribution is -2.13. The van der Waals surface area contributed by atoms with Crippen LogP contribution in [0.2, 0.25) is 0 Å². The van der Waals surface area contributed by atoms with Gasteiger partial charge in [0.1, 0.15) is 0 Å². The largest absolute Gasteiger partial charge is 0.366 e. The summed E-state index contributed by atoms with van der Waals surface area (Å²) in [6, 6.07) is 0. The van der Waals surface area contributed by atoms with E-state index in [1.807, 2.05) is 24.3 Å². The van der Waals surface area contributed by atoms with Crippen LogP contribution in [0.1, 0.15) is 12.8 Å². The molecule has 0 aromatic heterocycles. The summed E-state index contributed by atoms with van der Waals surface area (Å²) in [4.78, 5) is 10.9.